The average molecular weight is 667 g/mol. The van der Waals surface area contributed by atoms with E-state index in [1.54, 1.807) is 24.3 Å². The molecule has 1 heterocycles. The van der Waals surface area contributed by atoms with Crippen LogP contribution in [0.3, 0.4) is 0 Å². The van der Waals surface area contributed by atoms with Crippen molar-refractivity contribution in [1.82, 2.24) is 5.32 Å². The number of hydrogen-bond donors (Lipinski definition) is 3. The van der Waals surface area contributed by atoms with Crippen molar-refractivity contribution in [2.45, 2.75) is 50.5 Å². The number of fused-ring (bicyclic) bond motifs is 1. The van der Waals surface area contributed by atoms with Gasteiger partial charge in [0.15, 0.2) is 0 Å². The number of amides is 2. The Morgan fingerprint density at radius 1 is 0.875 bits per heavy atom. The summed E-state index contributed by atoms with van der Waals surface area (Å²) in [5, 5.41) is 6.58. The van der Waals surface area contributed by atoms with Crippen molar-refractivity contribution in [2.75, 3.05) is 17.6 Å². The van der Waals surface area contributed by atoms with Crippen LogP contribution in [0.2, 0.25) is 0 Å². The molecule has 3 N–H and O–H groups in total. The highest BCUT2D eigenvalue weighted by molar-refractivity contribution is 7.85. The summed E-state index contributed by atoms with van der Waals surface area (Å²) in [6.45, 7) is -0.207. The number of furan rings is 1. The molecule has 9 nitrogen and oxygen atoms in total. The van der Waals surface area contributed by atoms with Gasteiger partial charge in [0.1, 0.15) is 17.1 Å². The zero-order valence-electron chi connectivity index (χ0n) is 26.4. The summed E-state index contributed by atoms with van der Waals surface area (Å²) in [6, 6.07) is 31.9. The van der Waals surface area contributed by atoms with E-state index in [1.807, 2.05) is 78.9 Å². The lowest BCUT2D eigenvalue weighted by atomic mass is 9.90. The number of carbonyl (C=O) groups is 2. The first-order valence-corrected chi connectivity index (χ1v) is 17.8. The number of rotatable bonds is 12. The minimum Gasteiger partial charge on any atom is -0.490 e. The molecule has 1 unspecified atom stereocenters. The van der Waals surface area contributed by atoms with Gasteiger partial charge < -0.3 is 19.8 Å². The van der Waals surface area contributed by atoms with Crippen molar-refractivity contribution in [3.05, 3.63) is 120 Å². The molecular weight excluding hydrogens is 628 g/mol. The molecule has 0 spiro atoms. The summed E-state index contributed by atoms with van der Waals surface area (Å²) in [5.41, 5.74) is 4.37. The summed E-state index contributed by atoms with van der Waals surface area (Å²) in [6.07, 6.45) is 6.29. The monoisotopic (exact) mass is 666 g/mol. The smallest absolute Gasteiger partial charge is 0.266 e. The highest BCUT2D eigenvalue weighted by Crippen LogP contribution is 2.30. The normalized spacial score (nSPS) is 14.4. The topological polar surface area (TPSA) is 135 Å². The highest BCUT2D eigenvalue weighted by atomic mass is 32.2. The molecule has 0 bridgehead atoms. The molecule has 1 aliphatic carbocycles. The van der Waals surface area contributed by atoms with E-state index in [0.717, 1.165) is 52.0 Å². The van der Waals surface area contributed by atoms with Gasteiger partial charge in [-0.15, -0.1) is 0 Å². The highest BCUT2D eigenvalue weighted by Gasteiger charge is 2.23. The molecule has 6 rings (SSSR count). The van der Waals surface area contributed by atoms with Crippen LogP contribution >= 0.6 is 0 Å². The number of para-hydroxylation sites is 1. The zero-order chi connectivity index (χ0) is 33.5. The lowest BCUT2D eigenvalue weighted by Crippen LogP contribution is -2.28. The van der Waals surface area contributed by atoms with E-state index in [0.29, 0.717) is 17.7 Å². The van der Waals surface area contributed by atoms with E-state index in [2.05, 4.69) is 10.6 Å². The molecule has 0 saturated heterocycles. The van der Waals surface area contributed by atoms with Crippen LogP contribution in [0.5, 0.6) is 5.75 Å². The van der Waals surface area contributed by atoms with Crippen LogP contribution in [0.15, 0.2) is 108 Å². The molecule has 1 atom stereocenters. The number of benzene rings is 4. The van der Waals surface area contributed by atoms with E-state index >= 15 is 0 Å². The van der Waals surface area contributed by atoms with Gasteiger partial charge in [0, 0.05) is 28.7 Å². The summed E-state index contributed by atoms with van der Waals surface area (Å²) in [4.78, 5) is 26.3. The summed E-state index contributed by atoms with van der Waals surface area (Å²) in [7, 11) is -4.17. The molecule has 1 saturated carbocycles. The first-order chi connectivity index (χ1) is 23.2. The summed E-state index contributed by atoms with van der Waals surface area (Å²) >= 11 is 0. The van der Waals surface area contributed by atoms with E-state index in [-0.39, 0.29) is 18.6 Å². The lowest BCUT2D eigenvalue weighted by molar-refractivity contribution is -0.117. The second-order valence-electron chi connectivity index (χ2n) is 12.2. The fourth-order valence-corrected chi connectivity index (χ4v) is 6.37. The van der Waals surface area contributed by atoms with Crippen LogP contribution in [0.4, 0.5) is 5.69 Å². The lowest BCUT2D eigenvalue weighted by Gasteiger charge is -2.23. The maximum atomic E-state index is 13.9. The molecule has 4 aromatic carbocycles. The SMILES string of the molecule is O=C(NCCS(=O)(=O)O)c1ccc(CC(C(=O)Nc2ccc(-c3cc4ccccc4o3)cc2)c2ccc(OC3CCCCC3)cc2)cc1. The van der Waals surface area contributed by atoms with Crippen LogP contribution in [0.25, 0.3) is 22.3 Å². The standard InChI is InChI=1S/C38H38N2O7S/c41-37(39-22-23-48(43,44)45)29-12-10-26(11-13-29)24-34(27-16-20-33(21-17-27)46-32-7-2-1-3-8-32)38(42)40-31-18-14-28(15-19-31)36-25-30-6-4-5-9-35(30)47-36/h4-6,9-21,25,32,34H,1-3,7-8,22-24H2,(H,39,41)(H,40,42)(H,43,44,45). The van der Waals surface area contributed by atoms with Crippen molar-refractivity contribution < 1.29 is 31.7 Å². The molecule has 248 valence electrons. The Bertz CT molecular complexity index is 1930. The van der Waals surface area contributed by atoms with Crippen LogP contribution in [0, 0.1) is 0 Å². The van der Waals surface area contributed by atoms with Gasteiger partial charge in [-0.25, -0.2) is 0 Å². The third-order valence-corrected chi connectivity index (χ3v) is 9.34. The largest absolute Gasteiger partial charge is 0.490 e. The molecule has 2 amide bonds. The third kappa shape index (κ3) is 8.70. The molecular formula is C38H38N2O7S. The molecule has 0 radical (unpaired) electrons. The molecule has 0 aliphatic heterocycles. The van der Waals surface area contributed by atoms with Gasteiger partial charge >= 0.3 is 0 Å². The molecule has 1 aromatic heterocycles. The second kappa shape index (κ2) is 14.9. The Labute approximate surface area is 280 Å². The Balaban J connectivity index is 1.17. The van der Waals surface area contributed by atoms with Gasteiger partial charge in [0.05, 0.1) is 17.8 Å². The van der Waals surface area contributed by atoms with E-state index < -0.39 is 27.7 Å². The predicted molar refractivity (Wildman–Crippen MR) is 186 cm³/mol. The number of anilines is 1. The van der Waals surface area contributed by atoms with Gasteiger partial charge in [-0.3, -0.25) is 14.1 Å². The summed E-state index contributed by atoms with van der Waals surface area (Å²) < 4.78 is 43.0. The van der Waals surface area contributed by atoms with E-state index in [9.17, 15) is 18.0 Å². The van der Waals surface area contributed by atoms with Crippen molar-refractivity contribution >= 4 is 38.6 Å². The quantitative estimate of drug-likeness (QED) is 0.118. The van der Waals surface area contributed by atoms with Crippen molar-refractivity contribution in [3.8, 4) is 17.1 Å². The van der Waals surface area contributed by atoms with Gasteiger partial charge in [0.25, 0.3) is 16.0 Å². The van der Waals surface area contributed by atoms with Crippen LogP contribution < -0.4 is 15.4 Å². The molecule has 48 heavy (non-hydrogen) atoms. The molecule has 1 aliphatic rings. The van der Waals surface area contributed by atoms with E-state index in [4.69, 9.17) is 13.7 Å². The Hall–Kier alpha value is -4.93. The average Bonchev–Trinajstić information content (AvgIpc) is 3.53. The van der Waals surface area contributed by atoms with Gasteiger partial charge in [-0.05, 0) is 104 Å². The Morgan fingerprint density at radius 2 is 1.58 bits per heavy atom. The predicted octanol–water partition coefficient (Wildman–Crippen LogP) is 7.39. The fourth-order valence-electron chi connectivity index (χ4n) is 6.01. The zero-order valence-corrected chi connectivity index (χ0v) is 27.2. The first-order valence-electron chi connectivity index (χ1n) is 16.2. The molecule has 5 aromatic rings. The van der Waals surface area contributed by atoms with Gasteiger partial charge in [-0.1, -0.05) is 48.9 Å². The van der Waals surface area contributed by atoms with Crippen LogP contribution in [-0.4, -0.2) is 43.2 Å². The Morgan fingerprint density at radius 3 is 2.27 bits per heavy atom. The van der Waals surface area contributed by atoms with Crippen LogP contribution in [0.1, 0.15) is 59.5 Å². The maximum absolute atomic E-state index is 13.9. The van der Waals surface area contributed by atoms with E-state index in [1.165, 1.54) is 19.3 Å². The van der Waals surface area contributed by atoms with Crippen molar-refractivity contribution in [2.24, 2.45) is 0 Å². The number of nitrogens with one attached hydrogen (secondary N) is 2. The number of hydrogen-bond acceptors (Lipinski definition) is 6. The van der Waals surface area contributed by atoms with Crippen molar-refractivity contribution in [1.29, 1.82) is 0 Å². The van der Waals surface area contributed by atoms with Gasteiger partial charge in [-0.2, -0.15) is 8.42 Å². The Kier molecular flexibility index (Phi) is 10.2. The van der Waals surface area contributed by atoms with Crippen molar-refractivity contribution in [3.63, 3.8) is 0 Å². The number of carbonyl (C=O) groups excluding carboxylic acids is 2. The molecule has 10 heteroatoms. The minimum absolute atomic E-state index is 0.181. The fraction of sp³-hybridized carbons (Fsp3) is 0.263. The van der Waals surface area contributed by atoms with Gasteiger partial charge in [0.2, 0.25) is 5.91 Å². The third-order valence-electron chi connectivity index (χ3n) is 8.62. The maximum Gasteiger partial charge on any atom is 0.266 e. The molecule has 1 fully saturated rings. The minimum atomic E-state index is -4.17. The summed E-state index contributed by atoms with van der Waals surface area (Å²) in [5.74, 6) is -0.217. The number of ether oxygens (including phenoxy) is 1. The van der Waals surface area contributed by atoms with Crippen LogP contribution in [-0.2, 0) is 21.3 Å². The first kappa shape index (κ1) is 33.0. The second-order valence-corrected chi connectivity index (χ2v) is 13.7.